The second kappa shape index (κ2) is 5.63. The molecule has 114 valence electrons. The first kappa shape index (κ1) is 14.3. The molecule has 0 atom stereocenters. The molecular weight excluding hydrogens is 282 g/mol. The van der Waals surface area contributed by atoms with E-state index in [1.165, 1.54) is 12.1 Å². The molecule has 0 aliphatic heterocycles. The van der Waals surface area contributed by atoms with E-state index >= 15 is 0 Å². The lowest BCUT2D eigenvalue weighted by Crippen LogP contribution is -2.23. The van der Waals surface area contributed by atoms with Crippen LogP contribution < -0.4 is 5.32 Å². The molecule has 2 aromatic rings. The number of nitrogens with one attached hydrogen (secondary N) is 1. The minimum absolute atomic E-state index is 0.218. The molecule has 1 aliphatic rings. The fourth-order valence-corrected chi connectivity index (χ4v) is 2.39. The molecule has 0 bridgehead atoms. The zero-order chi connectivity index (χ0) is 15.7. The van der Waals surface area contributed by atoms with Gasteiger partial charge < -0.3 is 10.4 Å². The number of hydrogen-bond acceptors (Lipinski definition) is 3. The lowest BCUT2D eigenvalue weighted by atomic mass is 10.1. The predicted octanol–water partition coefficient (Wildman–Crippen LogP) is 1.93. The molecule has 0 unspecified atom stereocenters. The molecule has 6 heteroatoms. The molecule has 2 N–H and O–H groups in total. The maximum Gasteiger partial charge on any atom is 0.335 e. The Balaban J connectivity index is 1.62. The summed E-state index contributed by atoms with van der Waals surface area (Å²) in [6.07, 6.45) is 2.33. The molecule has 1 fully saturated rings. The number of carbonyl (C=O) groups is 2. The molecule has 0 saturated heterocycles. The summed E-state index contributed by atoms with van der Waals surface area (Å²) in [7, 11) is 1.86. The molecule has 0 spiro atoms. The van der Waals surface area contributed by atoms with Crippen molar-refractivity contribution in [2.45, 2.75) is 25.3 Å². The molecular formula is C16H17N3O3. The number of benzene rings is 1. The molecule has 6 nitrogen and oxygen atoms in total. The van der Waals surface area contributed by atoms with E-state index in [9.17, 15) is 9.59 Å². The van der Waals surface area contributed by atoms with E-state index in [2.05, 4.69) is 10.4 Å². The van der Waals surface area contributed by atoms with Gasteiger partial charge in [-0.2, -0.15) is 5.10 Å². The molecule has 1 saturated carbocycles. The second-order valence-corrected chi connectivity index (χ2v) is 5.54. The van der Waals surface area contributed by atoms with Gasteiger partial charge in [0, 0.05) is 25.2 Å². The lowest BCUT2D eigenvalue weighted by molar-refractivity contribution is 0.0696. The minimum atomic E-state index is -0.961. The molecule has 3 rings (SSSR count). The van der Waals surface area contributed by atoms with Crippen LogP contribution in [0.4, 0.5) is 0 Å². The van der Waals surface area contributed by atoms with Crippen LogP contribution >= 0.6 is 0 Å². The number of hydrogen-bond donors (Lipinski definition) is 2. The summed E-state index contributed by atoms with van der Waals surface area (Å²) in [5.41, 5.74) is 2.60. The Kier molecular flexibility index (Phi) is 3.66. The molecule has 22 heavy (non-hydrogen) atoms. The number of aromatic carboxylic acids is 1. The highest BCUT2D eigenvalue weighted by Crippen LogP contribution is 2.39. The summed E-state index contributed by atoms with van der Waals surface area (Å²) in [5.74, 6) is -0.635. The monoisotopic (exact) mass is 299 g/mol. The van der Waals surface area contributed by atoms with Crippen molar-refractivity contribution in [1.29, 1.82) is 0 Å². The van der Waals surface area contributed by atoms with E-state index in [4.69, 9.17) is 5.11 Å². The van der Waals surface area contributed by atoms with E-state index in [-0.39, 0.29) is 11.5 Å². The van der Waals surface area contributed by atoms with Gasteiger partial charge >= 0.3 is 5.97 Å². The van der Waals surface area contributed by atoms with Gasteiger partial charge in [0.05, 0.1) is 5.56 Å². The first-order chi connectivity index (χ1) is 10.5. The third-order valence-electron chi connectivity index (χ3n) is 3.80. The first-order valence-electron chi connectivity index (χ1n) is 7.19. The summed E-state index contributed by atoms with van der Waals surface area (Å²) in [6.45, 7) is 0.341. The van der Waals surface area contributed by atoms with Crippen molar-refractivity contribution < 1.29 is 14.7 Å². The third-order valence-corrected chi connectivity index (χ3v) is 3.80. The largest absolute Gasteiger partial charge is 0.478 e. The molecule has 1 aromatic carbocycles. The first-order valence-corrected chi connectivity index (χ1v) is 7.19. The zero-order valence-corrected chi connectivity index (χ0v) is 12.2. The number of nitrogens with zero attached hydrogens (tertiary/aromatic N) is 2. The van der Waals surface area contributed by atoms with Crippen LogP contribution in [0.3, 0.4) is 0 Å². The molecule has 1 amide bonds. The van der Waals surface area contributed by atoms with Gasteiger partial charge in [0.15, 0.2) is 0 Å². The summed E-state index contributed by atoms with van der Waals surface area (Å²) >= 11 is 0. The summed E-state index contributed by atoms with van der Waals surface area (Å²) < 4.78 is 1.77. The SMILES string of the molecule is Cn1nc(C(=O)NCc2ccc(C(=O)O)cc2)cc1C1CC1. The van der Waals surface area contributed by atoms with Gasteiger partial charge in [-0.15, -0.1) is 0 Å². The van der Waals surface area contributed by atoms with Crippen molar-refractivity contribution in [1.82, 2.24) is 15.1 Å². The maximum absolute atomic E-state index is 12.1. The van der Waals surface area contributed by atoms with Crippen LogP contribution in [0.5, 0.6) is 0 Å². The average Bonchev–Trinajstić information content (AvgIpc) is 3.27. The number of carbonyl (C=O) groups excluding carboxylic acids is 1. The third kappa shape index (κ3) is 3.00. The van der Waals surface area contributed by atoms with Gasteiger partial charge in [0.1, 0.15) is 5.69 Å². The Morgan fingerprint density at radius 2 is 2.00 bits per heavy atom. The van der Waals surface area contributed by atoms with Crippen molar-refractivity contribution in [3.05, 3.63) is 52.8 Å². The maximum atomic E-state index is 12.1. The quantitative estimate of drug-likeness (QED) is 0.883. The van der Waals surface area contributed by atoms with Gasteiger partial charge in [-0.25, -0.2) is 4.79 Å². The van der Waals surface area contributed by atoms with Crippen molar-refractivity contribution in [2.24, 2.45) is 7.05 Å². The van der Waals surface area contributed by atoms with Crippen molar-refractivity contribution in [3.8, 4) is 0 Å². The van der Waals surface area contributed by atoms with Gasteiger partial charge in [0.2, 0.25) is 0 Å². The number of amides is 1. The van der Waals surface area contributed by atoms with E-state index in [1.807, 2.05) is 13.1 Å². The average molecular weight is 299 g/mol. The van der Waals surface area contributed by atoms with Crippen molar-refractivity contribution in [3.63, 3.8) is 0 Å². The number of aryl methyl sites for hydroxylation is 1. The Morgan fingerprint density at radius 3 is 2.59 bits per heavy atom. The van der Waals surface area contributed by atoms with Gasteiger partial charge in [-0.05, 0) is 36.6 Å². The van der Waals surface area contributed by atoms with E-state index in [1.54, 1.807) is 16.8 Å². The standard InChI is InChI=1S/C16H17N3O3/c1-19-14(11-6-7-11)8-13(18-19)15(20)17-9-10-2-4-12(5-3-10)16(21)22/h2-5,8,11H,6-7,9H2,1H3,(H,17,20)(H,21,22). The lowest BCUT2D eigenvalue weighted by Gasteiger charge is -2.04. The molecule has 1 heterocycles. The fraction of sp³-hybridized carbons (Fsp3) is 0.312. The Labute approximate surface area is 127 Å². The highest BCUT2D eigenvalue weighted by molar-refractivity contribution is 5.92. The molecule has 1 aliphatic carbocycles. The number of carboxylic acids is 1. The Morgan fingerprint density at radius 1 is 1.32 bits per heavy atom. The molecule has 1 aromatic heterocycles. The van der Waals surface area contributed by atoms with Crippen LogP contribution in [0.15, 0.2) is 30.3 Å². The van der Waals surface area contributed by atoms with Crippen LogP contribution in [0.2, 0.25) is 0 Å². The van der Waals surface area contributed by atoms with Crippen molar-refractivity contribution in [2.75, 3.05) is 0 Å². The summed E-state index contributed by atoms with van der Waals surface area (Å²) in [4.78, 5) is 22.9. The van der Waals surface area contributed by atoms with Crippen LogP contribution in [-0.4, -0.2) is 26.8 Å². The zero-order valence-electron chi connectivity index (χ0n) is 12.2. The Hall–Kier alpha value is -2.63. The molecule has 0 radical (unpaired) electrons. The smallest absolute Gasteiger partial charge is 0.335 e. The van der Waals surface area contributed by atoms with E-state index < -0.39 is 5.97 Å². The van der Waals surface area contributed by atoms with Crippen molar-refractivity contribution >= 4 is 11.9 Å². The van der Waals surface area contributed by atoms with Crippen LogP contribution in [0, 0.1) is 0 Å². The summed E-state index contributed by atoms with van der Waals surface area (Å²) in [5, 5.41) is 15.9. The highest BCUT2D eigenvalue weighted by Gasteiger charge is 2.28. The van der Waals surface area contributed by atoms with Gasteiger partial charge in [0.25, 0.3) is 5.91 Å². The van der Waals surface area contributed by atoms with Gasteiger partial charge in [-0.3, -0.25) is 9.48 Å². The Bertz CT molecular complexity index is 715. The second-order valence-electron chi connectivity index (χ2n) is 5.54. The number of rotatable bonds is 5. The van der Waals surface area contributed by atoms with Crippen LogP contribution in [-0.2, 0) is 13.6 Å². The fourth-order valence-electron chi connectivity index (χ4n) is 2.39. The van der Waals surface area contributed by atoms with Crippen LogP contribution in [0.1, 0.15) is 50.9 Å². The predicted molar refractivity (Wildman–Crippen MR) is 79.8 cm³/mol. The number of carboxylic acid groups (broad SMARTS) is 1. The van der Waals surface area contributed by atoms with E-state index in [0.29, 0.717) is 18.2 Å². The number of aromatic nitrogens is 2. The summed E-state index contributed by atoms with van der Waals surface area (Å²) in [6, 6.07) is 8.28. The van der Waals surface area contributed by atoms with Crippen LogP contribution in [0.25, 0.3) is 0 Å². The topological polar surface area (TPSA) is 84.2 Å². The highest BCUT2D eigenvalue weighted by atomic mass is 16.4. The van der Waals surface area contributed by atoms with Gasteiger partial charge in [-0.1, -0.05) is 12.1 Å². The minimum Gasteiger partial charge on any atom is -0.478 e. The van der Waals surface area contributed by atoms with E-state index in [0.717, 1.165) is 24.1 Å². The normalized spacial score (nSPS) is 13.9.